The molecule has 2 heterocycles. The predicted molar refractivity (Wildman–Crippen MR) is 131 cm³/mol. The van der Waals surface area contributed by atoms with Crippen molar-refractivity contribution in [2.75, 3.05) is 36.0 Å². The number of carbonyl (C=O) groups excluding carboxylic acids is 1. The minimum absolute atomic E-state index is 0.241. The molecule has 0 radical (unpaired) electrons. The maximum absolute atomic E-state index is 11.0. The van der Waals surface area contributed by atoms with Gasteiger partial charge in [0.25, 0.3) is 0 Å². The molecule has 6 nitrogen and oxygen atoms in total. The van der Waals surface area contributed by atoms with E-state index in [1.165, 1.54) is 44.6 Å². The van der Waals surface area contributed by atoms with E-state index >= 15 is 0 Å². The molecule has 3 N–H and O–H groups in total. The lowest BCUT2D eigenvalue weighted by Gasteiger charge is -2.29. The number of rotatable bonds is 4. The number of primary amides is 1. The van der Waals surface area contributed by atoms with Crippen molar-refractivity contribution in [3.8, 4) is 0 Å². The van der Waals surface area contributed by atoms with Crippen molar-refractivity contribution in [1.29, 1.82) is 0 Å². The van der Waals surface area contributed by atoms with E-state index in [0.717, 1.165) is 37.6 Å². The Hall–Kier alpha value is -2.44. The molecule has 0 atom stereocenters. The molecule has 32 heavy (non-hydrogen) atoms. The normalized spacial score (nSPS) is 16.2. The zero-order valence-corrected chi connectivity index (χ0v) is 19.5. The van der Waals surface area contributed by atoms with Gasteiger partial charge >= 0.3 is 5.97 Å². The van der Waals surface area contributed by atoms with Gasteiger partial charge in [0.1, 0.15) is 0 Å². The summed E-state index contributed by atoms with van der Waals surface area (Å²) in [5.74, 6) is -1.38. The quantitative estimate of drug-likeness (QED) is 0.610. The van der Waals surface area contributed by atoms with Gasteiger partial charge < -0.3 is 20.6 Å². The molecular formula is C24H29Cl2N3O3. The molecule has 0 saturated carbocycles. The van der Waals surface area contributed by atoms with Crippen molar-refractivity contribution in [2.24, 2.45) is 5.73 Å². The second-order valence-corrected chi connectivity index (χ2v) is 8.91. The number of benzene rings is 2. The summed E-state index contributed by atoms with van der Waals surface area (Å²) in [6.07, 6.45) is 7.31. The highest BCUT2D eigenvalue weighted by Crippen LogP contribution is 2.30. The fraction of sp³-hybridized carbons (Fsp3) is 0.417. The van der Waals surface area contributed by atoms with Gasteiger partial charge in [-0.25, -0.2) is 4.79 Å². The Kier molecular flexibility index (Phi) is 8.65. The highest BCUT2D eigenvalue weighted by molar-refractivity contribution is 6.34. The minimum Gasteiger partial charge on any atom is -0.478 e. The molecule has 2 fully saturated rings. The number of amides is 1. The van der Waals surface area contributed by atoms with Crippen LogP contribution in [-0.2, 0) is 0 Å². The van der Waals surface area contributed by atoms with E-state index in [1.807, 2.05) is 6.07 Å². The Balaban J connectivity index is 0.000000181. The fourth-order valence-corrected chi connectivity index (χ4v) is 4.68. The Morgan fingerprint density at radius 3 is 1.50 bits per heavy atom. The molecule has 0 spiro atoms. The average molecular weight is 478 g/mol. The molecule has 8 heteroatoms. The zero-order chi connectivity index (χ0) is 23.1. The van der Waals surface area contributed by atoms with Crippen LogP contribution in [0.5, 0.6) is 0 Å². The van der Waals surface area contributed by atoms with E-state index in [9.17, 15) is 9.59 Å². The van der Waals surface area contributed by atoms with E-state index in [4.69, 9.17) is 34.0 Å². The Morgan fingerprint density at radius 1 is 0.719 bits per heavy atom. The van der Waals surface area contributed by atoms with E-state index in [2.05, 4.69) is 9.80 Å². The molecule has 2 aliphatic rings. The van der Waals surface area contributed by atoms with Crippen LogP contribution in [0.1, 0.15) is 59.2 Å². The van der Waals surface area contributed by atoms with Crippen molar-refractivity contribution >= 4 is 46.5 Å². The number of carbonyl (C=O) groups is 2. The number of carboxylic acid groups (broad SMARTS) is 1. The zero-order valence-electron chi connectivity index (χ0n) is 18.0. The van der Waals surface area contributed by atoms with Gasteiger partial charge in [-0.2, -0.15) is 0 Å². The first-order chi connectivity index (χ1) is 15.4. The van der Waals surface area contributed by atoms with Crippen molar-refractivity contribution in [2.45, 2.75) is 38.5 Å². The minimum atomic E-state index is -0.938. The van der Waals surface area contributed by atoms with Crippen molar-refractivity contribution < 1.29 is 14.7 Å². The van der Waals surface area contributed by atoms with E-state index in [1.54, 1.807) is 24.3 Å². The van der Waals surface area contributed by atoms with Crippen LogP contribution in [0.15, 0.2) is 36.4 Å². The summed E-state index contributed by atoms with van der Waals surface area (Å²) in [4.78, 5) is 26.2. The Bertz CT molecular complexity index is 878. The maximum atomic E-state index is 11.0. The highest BCUT2D eigenvalue weighted by Gasteiger charge is 2.16. The topological polar surface area (TPSA) is 86.9 Å². The molecule has 1 amide bonds. The highest BCUT2D eigenvalue weighted by atomic mass is 35.5. The number of hydrogen-bond acceptors (Lipinski definition) is 4. The SMILES string of the molecule is NC(=O)c1ccc(N2CCCCC2)c(Cl)c1.O=C(O)c1ccc(N2CCCCC2)c(Cl)c1. The lowest BCUT2D eigenvalue weighted by Crippen LogP contribution is -2.29. The second kappa shape index (κ2) is 11.4. The van der Waals surface area contributed by atoms with Crippen LogP contribution in [-0.4, -0.2) is 43.2 Å². The van der Waals surface area contributed by atoms with E-state index in [-0.39, 0.29) is 5.56 Å². The number of halogens is 2. The first-order valence-corrected chi connectivity index (χ1v) is 11.7. The standard InChI is InChI=1S/C12H15ClN2O.C12H14ClNO2/c13-10-8-9(12(14)16)4-5-11(10)15-6-2-1-3-7-15;13-10-8-9(12(15)16)4-5-11(10)14-6-2-1-3-7-14/h4-5,8H,1-3,6-7H2,(H2,14,16);4-5,8H,1-3,6-7H2,(H,15,16). The first-order valence-electron chi connectivity index (χ1n) is 11.0. The van der Waals surface area contributed by atoms with Crippen molar-refractivity contribution in [1.82, 2.24) is 0 Å². The summed E-state index contributed by atoms with van der Waals surface area (Å²) in [7, 11) is 0. The third kappa shape index (κ3) is 6.30. The first kappa shape index (κ1) is 24.2. The molecule has 2 aromatic rings. The lowest BCUT2D eigenvalue weighted by atomic mass is 10.1. The van der Waals surface area contributed by atoms with Crippen LogP contribution >= 0.6 is 23.2 Å². The van der Waals surface area contributed by atoms with Crippen LogP contribution < -0.4 is 15.5 Å². The van der Waals surface area contributed by atoms with Gasteiger partial charge in [-0.3, -0.25) is 4.79 Å². The molecule has 0 unspecified atom stereocenters. The van der Waals surface area contributed by atoms with Crippen LogP contribution in [0.25, 0.3) is 0 Å². The van der Waals surface area contributed by atoms with Gasteiger partial charge in [0, 0.05) is 31.7 Å². The van der Waals surface area contributed by atoms with Gasteiger partial charge in [0.2, 0.25) is 5.91 Å². The number of aromatic carboxylic acids is 1. The van der Waals surface area contributed by atoms with Crippen molar-refractivity contribution in [3.05, 3.63) is 57.6 Å². The molecular weight excluding hydrogens is 449 g/mol. The molecule has 0 bridgehead atoms. The Labute approximate surface area is 198 Å². The fourth-order valence-electron chi connectivity index (χ4n) is 4.08. The van der Waals surface area contributed by atoms with E-state index < -0.39 is 11.9 Å². The van der Waals surface area contributed by atoms with Gasteiger partial charge in [0.05, 0.1) is 27.0 Å². The predicted octanol–water partition coefficient (Wildman–Crippen LogP) is 5.46. The molecule has 4 rings (SSSR count). The van der Waals surface area contributed by atoms with Crippen LogP contribution in [0, 0.1) is 0 Å². The monoisotopic (exact) mass is 477 g/mol. The van der Waals surface area contributed by atoms with Gasteiger partial charge in [-0.1, -0.05) is 23.2 Å². The summed E-state index contributed by atoms with van der Waals surface area (Å²) in [6.45, 7) is 4.09. The third-order valence-corrected chi connectivity index (χ3v) is 6.43. The maximum Gasteiger partial charge on any atom is 0.335 e. The molecule has 0 aromatic heterocycles. The molecule has 2 saturated heterocycles. The van der Waals surface area contributed by atoms with Gasteiger partial charge in [-0.05, 0) is 74.9 Å². The van der Waals surface area contributed by atoms with Gasteiger partial charge in [-0.15, -0.1) is 0 Å². The number of hydrogen-bond donors (Lipinski definition) is 2. The Morgan fingerprint density at radius 2 is 1.12 bits per heavy atom. The van der Waals surface area contributed by atoms with Gasteiger partial charge in [0.15, 0.2) is 0 Å². The number of piperidine rings is 2. The molecule has 0 aliphatic carbocycles. The van der Waals surface area contributed by atoms with E-state index in [0.29, 0.717) is 15.6 Å². The summed E-state index contributed by atoms with van der Waals surface area (Å²) in [5.41, 5.74) is 7.86. The number of nitrogens with zero attached hydrogens (tertiary/aromatic N) is 2. The lowest BCUT2D eigenvalue weighted by molar-refractivity contribution is 0.0696. The molecule has 2 aliphatic heterocycles. The number of nitrogens with two attached hydrogens (primary N) is 1. The number of carboxylic acids is 1. The van der Waals surface area contributed by atoms with Crippen molar-refractivity contribution in [3.63, 3.8) is 0 Å². The summed E-state index contributed by atoms with van der Waals surface area (Å²) < 4.78 is 0. The second-order valence-electron chi connectivity index (χ2n) is 8.10. The van der Waals surface area contributed by atoms with Crippen LogP contribution in [0.4, 0.5) is 11.4 Å². The van der Waals surface area contributed by atoms with Crippen LogP contribution in [0.2, 0.25) is 10.0 Å². The smallest absolute Gasteiger partial charge is 0.335 e. The summed E-state index contributed by atoms with van der Waals surface area (Å²) in [5, 5.41) is 9.98. The summed E-state index contributed by atoms with van der Waals surface area (Å²) in [6, 6.07) is 10.2. The van der Waals surface area contributed by atoms with Crippen LogP contribution in [0.3, 0.4) is 0 Å². The average Bonchev–Trinajstić information content (AvgIpc) is 2.80. The summed E-state index contributed by atoms with van der Waals surface area (Å²) >= 11 is 12.3. The molecule has 172 valence electrons. The largest absolute Gasteiger partial charge is 0.478 e. The molecule has 2 aromatic carbocycles. The third-order valence-electron chi connectivity index (χ3n) is 5.82. The number of anilines is 2.